The summed E-state index contributed by atoms with van der Waals surface area (Å²) in [6.45, 7) is 1.29. The van der Waals surface area contributed by atoms with E-state index in [2.05, 4.69) is 9.80 Å². The van der Waals surface area contributed by atoms with Crippen molar-refractivity contribution in [1.82, 2.24) is 9.80 Å². The topological polar surface area (TPSA) is 73.2 Å². The second kappa shape index (κ2) is 6.31. The Balaban J connectivity index is 2.02. The number of aliphatic carboxylic acids is 1. The Morgan fingerprint density at radius 1 is 1.26 bits per heavy atom. The zero-order valence-electron chi connectivity index (χ0n) is 13.4. The number of rotatable bonds is 4. The first-order chi connectivity index (χ1) is 11.0. The standard InChI is InChI=1S/C17H22N2O4/c1-18-8-12-7-14(11-3-5-13(6-4-11)23-10-20)16(17(21)22)15(9-18)19(12)2/h3-6,12,15,20H,7-10H2,1-2H3,(H,21,22). The van der Waals surface area contributed by atoms with Crippen LogP contribution in [0.25, 0.3) is 5.57 Å². The van der Waals surface area contributed by atoms with E-state index in [0.717, 1.165) is 30.6 Å². The fourth-order valence-electron chi connectivity index (χ4n) is 3.66. The Hall–Kier alpha value is -1.89. The van der Waals surface area contributed by atoms with E-state index in [9.17, 15) is 9.90 Å². The van der Waals surface area contributed by atoms with Crippen molar-refractivity contribution < 1.29 is 19.7 Å². The van der Waals surface area contributed by atoms with Crippen LogP contribution in [0.15, 0.2) is 29.8 Å². The summed E-state index contributed by atoms with van der Waals surface area (Å²) in [5.74, 6) is -0.275. The van der Waals surface area contributed by atoms with Gasteiger partial charge < -0.3 is 19.8 Å². The Labute approximate surface area is 135 Å². The highest BCUT2D eigenvalue weighted by molar-refractivity contribution is 5.98. The highest BCUT2D eigenvalue weighted by Crippen LogP contribution is 2.37. The number of nitrogens with zero attached hydrogens (tertiary/aromatic N) is 2. The molecule has 6 nitrogen and oxygen atoms in total. The van der Waals surface area contributed by atoms with Crippen molar-refractivity contribution in [3.8, 4) is 5.75 Å². The lowest BCUT2D eigenvalue weighted by atomic mass is 9.82. The third kappa shape index (κ3) is 2.97. The van der Waals surface area contributed by atoms with Gasteiger partial charge in [-0.2, -0.15) is 0 Å². The maximum atomic E-state index is 11.9. The molecule has 6 heteroatoms. The minimum absolute atomic E-state index is 0.0895. The summed E-state index contributed by atoms with van der Waals surface area (Å²) in [7, 11) is 4.05. The van der Waals surface area contributed by atoms with E-state index in [1.165, 1.54) is 0 Å². The molecule has 124 valence electrons. The second-order valence-electron chi connectivity index (χ2n) is 6.26. The van der Waals surface area contributed by atoms with Crippen LogP contribution in [0, 0.1) is 0 Å². The second-order valence-corrected chi connectivity index (χ2v) is 6.26. The molecule has 23 heavy (non-hydrogen) atoms. The van der Waals surface area contributed by atoms with Gasteiger partial charge in [-0.3, -0.25) is 4.90 Å². The molecule has 2 heterocycles. The van der Waals surface area contributed by atoms with Crippen molar-refractivity contribution in [2.24, 2.45) is 0 Å². The lowest BCUT2D eigenvalue weighted by molar-refractivity contribution is -0.134. The van der Waals surface area contributed by atoms with Gasteiger partial charge in [-0.15, -0.1) is 0 Å². The zero-order valence-corrected chi connectivity index (χ0v) is 13.4. The van der Waals surface area contributed by atoms with Gasteiger partial charge in [0.1, 0.15) is 5.75 Å². The number of hydrogen-bond donors (Lipinski definition) is 2. The van der Waals surface area contributed by atoms with E-state index in [4.69, 9.17) is 9.84 Å². The number of carboxylic acids is 1. The zero-order chi connectivity index (χ0) is 16.6. The average Bonchev–Trinajstić information content (AvgIpc) is 2.49. The number of aliphatic hydroxyl groups is 1. The number of aliphatic hydroxyl groups excluding tert-OH is 1. The first-order valence-electron chi connectivity index (χ1n) is 7.72. The van der Waals surface area contributed by atoms with Crippen LogP contribution < -0.4 is 4.74 Å². The smallest absolute Gasteiger partial charge is 0.333 e. The number of benzene rings is 1. The van der Waals surface area contributed by atoms with Crippen LogP contribution in [0.2, 0.25) is 0 Å². The molecule has 1 aromatic rings. The van der Waals surface area contributed by atoms with Gasteiger partial charge in [0.15, 0.2) is 6.79 Å². The Morgan fingerprint density at radius 2 is 1.96 bits per heavy atom. The van der Waals surface area contributed by atoms with Gasteiger partial charge in [0.05, 0.1) is 11.6 Å². The Morgan fingerprint density at radius 3 is 2.57 bits per heavy atom. The minimum Gasteiger partial charge on any atom is -0.478 e. The van der Waals surface area contributed by atoms with Crippen molar-refractivity contribution in [3.05, 3.63) is 35.4 Å². The van der Waals surface area contributed by atoms with Crippen LogP contribution in [0.1, 0.15) is 12.0 Å². The van der Waals surface area contributed by atoms with Gasteiger partial charge in [-0.1, -0.05) is 12.1 Å². The summed E-state index contributed by atoms with van der Waals surface area (Å²) in [4.78, 5) is 16.3. The predicted octanol–water partition coefficient (Wildman–Crippen LogP) is 0.871. The van der Waals surface area contributed by atoms with Gasteiger partial charge in [0.2, 0.25) is 0 Å². The molecule has 0 saturated carbocycles. The Kier molecular flexibility index (Phi) is 4.39. The number of ether oxygens (including phenoxy) is 1. The molecular formula is C17H22N2O4. The fourth-order valence-corrected chi connectivity index (χ4v) is 3.66. The number of carboxylic acid groups (broad SMARTS) is 1. The highest BCUT2D eigenvalue weighted by Gasteiger charge is 2.41. The monoisotopic (exact) mass is 318 g/mol. The van der Waals surface area contributed by atoms with Crippen molar-refractivity contribution in [3.63, 3.8) is 0 Å². The van der Waals surface area contributed by atoms with E-state index in [1.807, 2.05) is 26.2 Å². The molecular weight excluding hydrogens is 296 g/mol. The third-order valence-corrected chi connectivity index (χ3v) is 4.84. The number of piperazine rings is 1. The van der Waals surface area contributed by atoms with E-state index in [0.29, 0.717) is 17.4 Å². The molecule has 2 aliphatic rings. The summed E-state index contributed by atoms with van der Waals surface area (Å²) < 4.78 is 5.04. The molecule has 3 rings (SSSR count). The summed E-state index contributed by atoms with van der Waals surface area (Å²) in [6, 6.07) is 7.50. The Bertz CT molecular complexity index is 626. The van der Waals surface area contributed by atoms with Gasteiger partial charge in [-0.25, -0.2) is 4.79 Å². The third-order valence-electron chi connectivity index (χ3n) is 4.84. The number of hydrogen-bond acceptors (Lipinski definition) is 5. The van der Waals surface area contributed by atoms with Crippen LogP contribution in [-0.4, -0.2) is 72.0 Å². The molecule has 0 aliphatic carbocycles. The van der Waals surface area contributed by atoms with Crippen LogP contribution >= 0.6 is 0 Å². The van der Waals surface area contributed by atoms with Gasteiger partial charge >= 0.3 is 5.97 Å². The lowest BCUT2D eigenvalue weighted by Crippen LogP contribution is -2.59. The van der Waals surface area contributed by atoms with E-state index < -0.39 is 5.97 Å². The van der Waals surface area contributed by atoms with Crippen molar-refractivity contribution in [1.29, 1.82) is 0 Å². The molecule has 0 aromatic heterocycles. The molecule has 0 amide bonds. The van der Waals surface area contributed by atoms with Crippen LogP contribution in [0.4, 0.5) is 0 Å². The van der Waals surface area contributed by atoms with Gasteiger partial charge in [-0.05, 0) is 43.8 Å². The summed E-state index contributed by atoms with van der Waals surface area (Å²) in [6.07, 6.45) is 0.721. The quantitative estimate of drug-likeness (QED) is 0.803. The molecule has 2 bridgehead atoms. The summed E-state index contributed by atoms with van der Waals surface area (Å²) >= 11 is 0. The average molecular weight is 318 g/mol. The molecule has 1 aromatic carbocycles. The van der Waals surface area contributed by atoms with Gasteiger partial charge in [0.25, 0.3) is 0 Å². The maximum absolute atomic E-state index is 11.9. The van der Waals surface area contributed by atoms with Crippen molar-refractivity contribution in [2.75, 3.05) is 34.0 Å². The largest absolute Gasteiger partial charge is 0.478 e. The summed E-state index contributed by atoms with van der Waals surface area (Å²) in [5, 5.41) is 18.6. The molecule has 2 aliphatic heterocycles. The van der Waals surface area contributed by atoms with E-state index >= 15 is 0 Å². The molecule has 1 saturated heterocycles. The maximum Gasteiger partial charge on any atom is 0.333 e. The van der Waals surface area contributed by atoms with Gasteiger partial charge in [0, 0.05) is 19.1 Å². The SMILES string of the molecule is CN1CC2CC(c3ccc(OCO)cc3)=C(C(=O)O)C(C1)N2C. The lowest BCUT2D eigenvalue weighted by Gasteiger charge is -2.48. The fraction of sp³-hybridized carbons (Fsp3) is 0.471. The molecule has 2 N–H and O–H groups in total. The van der Waals surface area contributed by atoms with E-state index in [-0.39, 0.29) is 12.8 Å². The number of fused-ring (bicyclic) bond motifs is 2. The molecule has 0 radical (unpaired) electrons. The van der Waals surface area contributed by atoms with Crippen LogP contribution in [-0.2, 0) is 4.79 Å². The molecule has 1 fully saturated rings. The first kappa shape index (κ1) is 16.0. The summed E-state index contributed by atoms with van der Waals surface area (Å²) in [5.41, 5.74) is 2.32. The van der Waals surface area contributed by atoms with Crippen LogP contribution in [0.5, 0.6) is 5.75 Å². The number of carbonyl (C=O) groups is 1. The normalized spacial score (nSPS) is 25.5. The minimum atomic E-state index is -0.846. The van der Waals surface area contributed by atoms with Crippen LogP contribution in [0.3, 0.4) is 0 Å². The van der Waals surface area contributed by atoms with Crippen molar-refractivity contribution >= 4 is 11.5 Å². The predicted molar refractivity (Wildman–Crippen MR) is 86.2 cm³/mol. The molecule has 0 spiro atoms. The molecule has 2 atom stereocenters. The van der Waals surface area contributed by atoms with Crippen molar-refractivity contribution in [2.45, 2.75) is 18.5 Å². The first-order valence-corrected chi connectivity index (χ1v) is 7.72. The number of likely N-dealkylation sites (N-methyl/N-ethyl adjacent to an activating group) is 2. The molecule has 2 unspecified atom stereocenters. The van der Waals surface area contributed by atoms with E-state index in [1.54, 1.807) is 12.1 Å². The highest BCUT2D eigenvalue weighted by atomic mass is 16.6.